The lowest BCUT2D eigenvalue weighted by atomic mass is 10.1. The van der Waals surface area contributed by atoms with Crippen LogP contribution in [0.5, 0.6) is 5.75 Å². The highest BCUT2D eigenvalue weighted by atomic mass is 19.1. The molecule has 0 aliphatic carbocycles. The van der Waals surface area contributed by atoms with E-state index in [1.807, 2.05) is 0 Å². The number of carbonyl (C=O) groups excluding carboxylic acids is 1. The molecule has 1 amide bonds. The third-order valence-corrected chi connectivity index (χ3v) is 2.09. The highest BCUT2D eigenvalue weighted by Crippen LogP contribution is 2.21. The lowest BCUT2D eigenvalue weighted by Gasteiger charge is -2.09. The molecule has 0 saturated carbocycles. The predicted molar refractivity (Wildman–Crippen MR) is 58.3 cm³/mol. The summed E-state index contributed by atoms with van der Waals surface area (Å²) >= 11 is 0. The molecule has 0 bridgehead atoms. The lowest BCUT2D eigenvalue weighted by Crippen LogP contribution is -2.15. The minimum atomic E-state index is -0.487. The summed E-state index contributed by atoms with van der Waals surface area (Å²) in [6.45, 7) is 1.84. The number of carbonyl (C=O) groups is 1. The number of amides is 1. The van der Waals surface area contributed by atoms with Gasteiger partial charge in [0, 0.05) is 6.04 Å². The molecular weight excluding hydrogens is 211 g/mol. The molecule has 0 aliphatic rings. The van der Waals surface area contributed by atoms with Crippen molar-refractivity contribution in [3.05, 3.63) is 29.6 Å². The van der Waals surface area contributed by atoms with E-state index in [1.165, 1.54) is 12.1 Å². The summed E-state index contributed by atoms with van der Waals surface area (Å²) in [5, 5.41) is 0. The maximum Gasteiger partial charge on any atom is 0.220 e. The number of hydrogen-bond donors (Lipinski definition) is 2. The van der Waals surface area contributed by atoms with Crippen molar-refractivity contribution < 1.29 is 13.9 Å². The molecule has 5 heteroatoms. The number of ether oxygens (including phenoxy) is 1. The Bertz CT molecular complexity index is 380. The second kappa shape index (κ2) is 5.46. The fraction of sp³-hybridized carbons (Fsp3) is 0.364. The van der Waals surface area contributed by atoms with Gasteiger partial charge in [-0.05, 0) is 24.6 Å². The van der Waals surface area contributed by atoms with Crippen LogP contribution in [0.2, 0.25) is 0 Å². The van der Waals surface area contributed by atoms with Gasteiger partial charge in [0.2, 0.25) is 5.91 Å². The van der Waals surface area contributed by atoms with Crippen LogP contribution in [0.15, 0.2) is 18.2 Å². The van der Waals surface area contributed by atoms with Crippen LogP contribution in [0.4, 0.5) is 4.39 Å². The van der Waals surface area contributed by atoms with Crippen molar-refractivity contribution >= 4 is 5.91 Å². The van der Waals surface area contributed by atoms with E-state index in [2.05, 4.69) is 0 Å². The van der Waals surface area contributed by atoms with Gasteiger partial charge in [0.25, 0.3) is 0 Å². The highest BCUT2D eigenvalue weighted by molar-refractivity contribution is 5.73. The number of primary amides is 1. The summed E-state index contributed by atoms with van der Waals surface area (Å²) < 4.78 is 18.5. The minimum Gasteiger partial charge on any atom is -0.490 e. The zero-order chi connectivity index (χ0) is 12.1. The maximum absolute atomic E-state index is 13.4. The molecule has 0 aliphatic heterocycles. The number of nitrogens with two attached hydrogens (primary N) is 2. The first-order valence-corrected chi connectivity index (χ1v) is 4.97. The smallest absolute Gasteiger partial charge is 0.220 e. The minimum absolute atomic E-state index is 0.0640. The monoisotopic (exact) mass is 226 g/mol. The molecule has 0 unspecified atom stereocenters. The number of benzene rings is 1. The van der Waals surface area contributed by atoms with Crippen LogP contribution in [-0.4, -0.2) is 12.5 Å². The van der Waals surface area contributed by atoms with Crippen LogP contribution in [0, 0.1) is 5.82 Å². The van der Waals surface area contributed by atoms with E-state index in [4.69, 9.17) is 16.2 Å². The van der Waals surface area contributed by atoms with Crippen molar-refractivity contribution in [2.75, 3.05) is 6.61 Å². The SMILES string of the molecule is C[C@H](N)c1ccc(OCCC(N)=O)c(F)c1. The van der Waals surface area contributed by atoms with Crippen LogP contribution in [0.1, 0.15) is 24.9 Å². The Hall–Kier alpha value is -1.62. The van der Waals surface area contributed by atoms with E-state index in [-0.39, 0.29) is 24.8 Å². The Kier molecular flexibility index (Phi) is 4.25. The first-order chi connectivity index (χ1) is 7.50. The fourth-order valence-corrected chi connectivity index (χ4v) is 1.18. The Morgan fingerprint density at radius 1 is 1.56 bits per heavy atom. The largest absolute Gasteiger partial charge is 0.490 e. The first kappa shape index (κ1) is 12.4. The van der Waals surface area contributed by atoms with Crippen LogP contribution >= 0.6 is 0 Å². The molecule has 4 nitrogen and oxygen atoms in total. The molecule has 88 valence electrons. The van der Waals surface area contributed by atoms with Crippen LogP contribution in [0.25, 0.3) is 0 Å². The van der Waals surface area contributed by atoms with Crippen LogP contribution < -0.4 is 16.2 Å². The van der Waals surface area contributed by atoms with E-state index in [9.17, 15) is 9.18 Å². The summed E-state index contributed by atoms with van der Waals surface area (Å²) in [7, 11) is 0. The third-order valence-electron chi connectivity index (χ3n) is 2.09. The molecule has 1 rings (SSSR count). The first-order valence-electron chi connectivity index (χ1n) is 4.97. The molecule has 1 atom stereocenters. The summed E-state index contributed by atoms with van der Waals surface area (Å²) in [6.07, 6.45) is 0.0640. The molecule has 0 heterocycles. The summed E-state index contributed by atoms with van der Waals surface area (Å²) in [5.41, 5.74) is 11.2. The van der Waals surface area contributed by atoms with Gasteiger partial charge in [-0.15, -0.1) is 0 Å². The Morgan fingerprint density at radius 3 is 2.75 bits per heavy atom. The summed E-state index contributed by atoms with van der Waals surface area (Å²) in [4.78, 5) is 10.4. The molecule has 0 saturated heterocycles. The van der Waals surface area contributed by atoms with Gasteiger partial charge in [-0.25, -0.2) is 4.39 Å². The molecule has 1 aromatic carbocycles. The van der Waals surface area contributed by atoms with Gasteiger partial charge in [-0.2, -0.15) is 0 Å². The van der Waals surface area contributed by atoms with Crippen molar-refractivity contribution in [1.82, 2.24) is 0 Å². The van der Waals surface area contributed by atoms with Crippen molar-refractivity contribution in [3.63, 3.8) is 0 Å². The average Bonchev–Trinajstić information content (AvgIpc) is 2.19. The zero-order valence-electron chi connectivity index (χ0n) is 9.07. The molecular formula is C11H15FN2O2. The average molecular weight is 226 g/mol. The Morgan fingerprint density at radius 2 is 2.25 bits per heavy atom. The molecule has 0 spiro atoms. The van der Waals surface area contributed by atoms with Crippen molar-refractivity contribution in [1.29, 1.82) is 0 Å². The highest BCUT2D eigenvalue weighted by Gasteiger charge is 2.07. The van der Waals surface area contributed by atoms with Gasteiger partial charge in [0.1, 0.15) is 0 Å². The zero-order valence-corrected chi connectivity index (χ0v) is 9.07. The Labute approximate surface area is 93.4 Å². The second-order valence-electron chi connectivity index (χ2n) is 3.54. The van der Waals surface area contributed by atoms with Crippen molar-refractivity contribution in [3.8, 4) is 5.75 Å². The normalized spacial score (nSPS) is 12.2. The topological polar surface area (TPSA) is 78.3 Å². The standard InChI is InChI=1S/C11H15FN2O2/c1-7(13)8-2-3-10(9(12)6-8)16-5-4-11(14)15/h2-3,6-7H,4-5,13H2,1H3,(H2,14,15)/t7-/m0/s1. The van der Waals surface area contributed by atoms with E-state index >= 15 is 0 Å². The molecule has 1 aromatic rings. The number of rotatable bonds is 5. The molecule has 4 N–H and O–H groups in total. The second-order valence-corrected chi connectivity index (χ2v) is 3.54. The quantitative estimate of drug-likeness (QED) is 0.789. The summed E-state index contributed by atoms with van der Waals surface area (Å²) in [6, 6.07) is 4.28. The van der Waals surface area contributed by atoms with Crippen molar-refractivity contribution in [2.45, 2.75) is 19.4 Å². The van der Waals surface area contributed by atoms with Gasteiger partial charge >= 0.3 is 0 Å². The molecule has 16 heavy (non-hydrogen) atoms. The number of halogens is 1. The van der Waals surface area contributed by atoms with Gasteiger partial charge in [0.15, 0.2) is 11.6 Å². The van der Waals surface area contributed by atoms with Gasteiger partial charge in [0.05, 0.1) is 13.0 Å². The third kappa shape index (κ3) is 3.51. The van der Waals surface area contributed by atoms with Gasteiger partial charge in [-0.1, -0.05) is 6.07 Å². The van der Waals surface area contributed by atoms with E-state index in [0.717, 1.165) is 0 Å². The predicted octanol–water partition coefficient (Wildman–Crippen LogP) is 1.10. The number of hydrogen-bond acceptors (Lipinski definition) is 3. The fourth-order valence-electron chi connectivity index (χ4n) is 1.18. The summed E-state index contributed by atoms with van der Waals surface area (Å²) in [5.74, 6) is -0.863. The Balaban J connectivity index is 2.64. The van der Waals surface area contributed by atoms with Gasteiger partial charge in [-0.3, -0.25) is 4.79 Å². The van der Waals surface area contributed by atoms with E-state index in [1.54, 1.807) is 13.0 Å². The van der Waals surface area contributed by atoms with Crippen molar-refractivity contribution in [2.24, 2.45) is 11.5 Å². The van der Waals surface area contributed by atoms with Crippen LogP contribution in [0.3, 0.4) is 0 Å². The van der Waals surface area contributed by atoms with E-state index in [0.29, 0.717) is 5.56 Å². The molecule has 0 radical (unpaired) electrons. The maximum atomic E-state index is 13.4. The van der Waals surface area contributed by atoms with Crippen LogP contribution in [-0.2, 0) is 4.79 Å². The lowest BCUT2D eigenvalue weighted by molar-refractivity contribution is -0.118. The molecule has 0 fully saturated rings. The molecule has 0 aromatic heterocycles. The van der Waals surface area contributed by atoms with E-state index < -0.39 is 11.7 Å². The van der Waals surface area contributed by atoms with Gasteiger partial charge < -0.3 is 16.2 Å².